The van der Waals surface area contributed by atoms with Crippen molar-refractivity contribution in [2.45, 2.75) is 17.3 Å². The summed E-state index contributed by atoms with van der Waals surface area (Å²) in [5.74, 6) is 0. The van der Waals surface area contributed by atoms with Gasteiger partial charge in [-0.3, -0.25) is 0 Å². The van der Waals surface area contributed by atoms with Crippen LogP contribution >= 0.6 is 0 Å². The fraction of sp³-hybridized carbons (Fsp3) is 0.0909. The molecular formula is C33H24Al4N2. The highest BCUT2D eigenvalue weighted by molar-refractivity contribution is 6.42. The summed E-state index contributed by atoms with van der Waals surface area (Å²) in [7, 11) is 0. The van der Waals surface area contributed by atoms with Gasteiger partial charge in [0.1, 0.15) is 0 Å². The van der Waals surface area contributed by atoms with Crippen molar-refractivity contribution in [2.75, 3.05) is 5.73 Å². The van der Waals surface area contributed by atoms with Gasteiger partial charge in [-0.1, -0.05) is 109 Å². The van der Waals surface area contributed by atoms with Gasteiger partial charge in [0.25, 0.3) is 66.0 Å². The monoisotopic (exact) mass is 556 g/mol. The van der Waals surface area contributed by atoms with Crippen LogP contribution in [0.3, 0.4) is 0 Å². The van der Waals surface area contributed by atoms with Gasteiger partial charge in [0.2, 0.25) is 0 Å². The molecule has 1 unspecified atom stereocenters. The molecule has 0 aromatic heterocycles. The minimum Gasteiger partial charge on any atom is -0.587 e. The molecule has 1 atom stereocenters. The molecule has 5 aromatic rings. The Morgan fingerprint density at radius 3 is 1.23 bits per heavy atom. The predicted molar refractivity (Wildman–Crippen MR) is 165 cm³/mol. The van der Waals surface area contributed by atoms with Crippen LogP contribution in [0.2, 0.25) is 0 Å². The van der Waals surface area contributed by atoms with E-state index >= 15 is 0 Å². The van der Waals surface area contributed by atoms with Crippen LogP contribution in [0.25, 0.3) is 0 Å². The normalized spacial score (nSPS) is 17.3. The van der Waals surface area contributed by atoms with E-state index in [2.05, 4.69) is 200 Å². The van der Waals surface area contributed by atoms with E-state index in [9.17, 15) is 0 Å². The van der Waals surface area contributed by atoms with Crippen molar-refractivity contribution in [3.05, 3.63) is 167 Å². The molecule has 8 radical (unpaired) electrons. The Bertz CT molecular complexity index is 1530. The first-order valence-electron chi connectivity index (χ1n) is 13.0. The zero-order chi connectivity index (χ0) is 27.0. The number of rotatable bonds is 6. The molecule has 0 spiro atoms. The van der Waals surface area contributed by atoms with Gasteiger partial charge in [0, 0.05) is 10.8 Å². The number of nitrogens with zero attached hydrogens (tertiary/aromatic N) is 2. The topological polar surface area (TPSA) is 6.48 Å². The second-order valence-corrected chi connectivity index (χ2v) is 13.6. The van der Waals surface area contributed by atoms with Crippen molar-refractivity contribution >= 4 is 77.4 Å². The Kier molecular flexibility index (Phi) is 7.63. The number of hydrogen-bond acceptors (Lipinski definition) is 2. The van der Waals surface area contributed by atoms with Crippen LogP contribution in [0.5, 0.6) is 0 Å². The molecule has 0 N–H and O–H groups in total. The van der Waals surface area contributed by atoms with E-state index in [0.29, 0.717) is 0 Å². The minimum atomic E-state index is -0.366. The van der Waals surface area contributed by atoms with Crippen molar-refractivity contribution in [2.24, 2.45) is 0 Å². The number of anilines is 2. The molecule has 6 heteroatoms. The van der Waals surface area contributed by atoms with E-state index < -0.39 is 0 Å². The molecule has 0 saturated carbocycles. The van der Waals surface area contributed by atoms with Gasteiger partial charge in [-0.25, -0.2) is 0 Å². The summed E-state index contributed by atoms with van der Waals surface area (Å²) >= 11 is 11.0. The van der Waals surface area contributed by atoms with Gasteiger partial charge in [0.05, 0.1) is 0 Å². The molecule has 39 heavy (non-hydrogen) atoms. The van der Waals surface area contributed by atoms with Gasteiger partial charge >= 0.3 is 0 Å². The van der Waals surface area contributed by atoms with Gasteiger partial charge in [-0.15, -0.1) is 0 Å². The van der Waals surface area contributed by atoms with Crippen LogP contribution in [0.1, 0.15) is 39.8 Å². The summed E-state index contributed by atoms with van der Waals surface area (Å²) in [5.41, 5.74) is 9.49. The maximum atomic E-state index is 2.79. The lowest BCUT2D eigenvalue weighted by Crippen LogP contribution is -2.33. The standard InChI is InChI=1S/C33H24N2.4Al/c34-28-18-16-27(17-19-28)33(26-14-8-3-9-15-26)23-32(24-10-4-1-5-11-24,25-12-6-2-7-13-25)30-21-20-29(35)22-31(30)33;;;;/h1-22H,23H2;;;;. The van der Waals surface area contributed by atoms with Gasteiger partial charge in [-0.05, 0) is 75.4 Å². The summed E-state index contributed by atoms with van der Waals surface area (Å²) in [5, 5.41) is 0. The highest BCUT2D eigenvalue weighted by Gasteiger charge is 2.55. The third-order valence-corrected chi connectivity index (χ3v) is 9.40. The Hall–Kier alpha value is -2.17. The van der Waals surface area contributed by atoms with Crippen molar-refractivity contribution in [3.8, 4) is 0 Å². The summed E-state index contributed by atoms with van der Waals surface area (Å²) in [6.07, 6.45) is 0.884. The first-order valence-corrected chi connectivity index (χ1v) is 15.0. The maximum Gasteiger partial charge on any atom is 0.277 e. The SMILES string of the molecule is [Al][N]([Al])c1ccc(C2(c3ccccc3)CC(c3ccccc3)(c3ccccc3)c3ccc([N]([Al])[Al])cc32)cc1. The third-order valence-electron chi connectivity index (χ3n) is 8.21. The maximum absolute atomic E-state index is 2.79. The lowest BCUT2D eigenvalue weighted by molar-refractivity contribution is 0.499. The van der Waals surface area contributed by atoms with Crippen LogP contribution in [0.15, 0.2) is 133 Å². The molecule has 0 saturated heterocycles. The summed E-state index contributed by atoms with van der Waals surface area (Å²) in [4.78, 5) is 0. The van der Waals surface area contributed by atoms with Gasteiger partial charge < -0.3 is 5.73 Å². The quantitative estimate of drug-likeness (QED) is 0.248. The van der Waals surface area contributed by atoms with Crippen LogP contribution < -0.4 is 5.73 Å². The van der Waals surface area contributed by atoms with Crippen LogP contribution in [0.4, 0.5) is 11.4 Å². The first kappa shape index (κ1) is 27.0. The highest BCUT2D eigenvalue weighted by Crippen LogP contribution is 2.61. The first-order chi connectivity index (χ1) is 19.0. The Balaban J connectivity index is 1.75. The molecule has 2 nitrogen and oxygen atoms in total. The van der Waals surface area contributed by atoms with Gasteiger partial charge in [-0.2, -0.15) is 0 Å². The fourth-order valence-corrected chi connectivity index (χ4v) is 7.12. The molecule has 1 aliphatic rings. The van der Waals surface area contributed by atoms with Crippen LogP contribution in [-0.4, -0.2) is 66.0 Å². The molecular weight excluding hydrogens is 532 g/mol. The smallest absolute Gasteiger partial charge is 0.277 e. The zero-order valence-electron chi connectivity index (χ0n) is 21.6. The molecule has 6 rings (SSSR count). The van der Waals surface area contributed by atoms with Crippen molar-refractivity contribution in [1.82, 2.24) is 0 Å². The molecule has 0 heterocycles. The lowest BCUT2D eigenvalue weighted by atomic mass is 9.64. The zero-order valence-corrected chi connectivity index (χ0v) is 26.2. The predicted octanol–water partition coefficient (Wildman–Crippen LogP) is 5.71. The van der Waals surface area contributed by atoms with Gasteiger partial charge in [0.15, 0.2) is 0 Å². The number of hydrogen-bond donors (Lipinski definition) is 0. The molecule has 178 valence electrons. The van der Waals surface area contributed by atoms with Crippen molar-refractivity contribution in [1.29, 1.82) is 0 Å². The Morgan fingerprint density at radius 2 is 0.795 bits per heavy atom. The molecule has 0 bridgehead atoms. The number of fused-ring (bicyclic) bond motifs is 1. The van der Waals surface area contributed by atoms with E-state index in [1.54, 1.807) is 0 Å². The fourth-order valence-electron chi connectivity index (χ4n) is 6.46. The highest BCUT2D eigenvalue weighted by atomic mass is 27.1. The largest absolute Gasteiger partial charge is 0.587 e. The van der Waals surface area contributed by atoms with Crippen LogP contribution in [0, 0.1) is 0 Å². The van der Waals surface area contributed by atoms with E-state index in [1.165, 1.54) is 33.4 Å². The minimum absolute atomic E-state index is 0.329. The lowest BCUT2D eigenvalue weighted by Gasteiger charge is -2.37. The van der Waals surface area contributed by atoms with Crippen LogP contribution in [-0.2, 0) is 10.8 Å². The molecule has 0 amide bonds. The second-order valence-electron chi connectivity index (χ2n) is 10.2. The van der Waals surface area contributed by atoms with E-state index in [-0.39, 0.29) is 10.8 Å². The van der Waals surface area contributed by atoms with E-state index in [4.69, 9.17) is 0 Å². The molecule has 5 aromatic carbocycles. The summed E-state index contributed by atoms with van der Waals surface area (Å²) < 4.78 is 4.04. The number of benzene rings is 5. The van der Waals surface area contributed by atoms with Crippen molar-refractivity contribution in [3.63, 3.8) is 0 Å². The van der Waals surface area contributed by atoms with Crippen molar-refractivity contribution < 1.29 is 0 Å². The molecule has 0 aliphatic heterocycles. The van der Waals surface area contributed by atoms with E-state index in [0.717, 1.165) is 17.8 Å². The Labute approximate surface area is 265 Å². The average Bonchev–Trinajstić information content (AvgIpc) is 3.31. The Morgan fingerprint density at radius 1 is 0.410 bits per heavy atom. The second kappa shape index (κ2) is 11.0. The van der Waals surface area contributed by atoms with E-state index in [1.807, 2.05) is 5.73 Å². The molecule has 1 aliphatic carbocycles. The summed E-state index contributed by atoms with van der Waals surface area (Å²) in [6.45, 7) is 0. The summed E-state index contributed by atoms with van der Waals surface area (Å²) in [6, 6.07) is 49.2. The average molecular weight is 556 g/mol. The molecule has 0 fully saturated rings. The third kappa shape index (κ3) is 4.56.